The summed E-state index contributed by atoms with van der Waals surface area (Å²) in [7, 11) is -2.83. The molecular formula is C23H17NO5S. The average Bonchev–Trinajstić information content (AvgIpc) is 3.23. The highest BCUT2D eigenvalue weighted by atomic mass is 32.2. The van der Waals surface area contributed by atoms with Gasteiger partial charge < -0.3 is 9.15 Å². The Hall–Kier alpha value is -3.94. The van der Waals surface area contributed by atoms with Crippen molar-refractivity contribution in [1.82, 2.24) is 0 Å². The number of para-hydroxylation sites is 1. The average molecular weight is 419 g/mol. The maximum absolute atomic E-state index is 13.3. The van der Waals surface area contributed by atoms with Crippen LogP contribution in [0.2, 0.25) is 0 Å². The SMILES string of the molecule is C#Cc1ccccc1N(C#Cc1ccc(C(=O)OC)o1)S(=O)(=O)c1ccc(C)cc1. The largest absolute Gasteiger partial charge is 0.463 e. The maximum Gasteiger partial charge on any atom is 0.374 e. The summed E-state index contributed by atoms with van der Waals surface area (Å²) in [4.78, 5) is 11.6. The number of terminal acetylenes is 1. The number of furan rings is 1. The number of carbonyl (C=O) groups is 1. The number of nitrogens with zero attached hydrogens (tertiary/aromatic N) is 1. The van der Waals surface area contributed by atoms with E-state index >= 15 is 0 Å². The predicted molar refractivity (Wildman–Crippen MR) is 112 cm³/mol. The molecule has 0 spiro atoms. The number of anilines is 1. The highest BCUT2D eigenvalue weighted by Gasteiger charge is 2.25. The lowest BCUT2D eigenvalue weighted by atomic mass is 10.2. The zero-order valence-electron chi connectivity index (χ0n) is 16.2. The van der Waals surface area contributed by atoms with Crippen molar-refractivity contribution in [1.29, 1.82) is 0 Å². The second-order valence-corrected chi connectivity index (χ2v) is 7.92. The van der Waals surface area contributed by atoms with E-state index in [9.17, 15) is 13.2 Å². The summed E-state index contributed by atoms with van der Waals surface area (Å²) < 4.78 is 37.5. The quantitative estimate of drug-likeness (QED) is 0.367. The molecule has 30 heavy (non-hydrogen) atoms. The lowest BCUT2D eigenvalue weighted by Gasteiger charge is -2.19. The minimum atomic E-state index is -4.06. The summed E-state index contributed by atoms with van der Waals surface area (Å²) in [6.07, 6.45) is 5.56. The first-order valence-electron chi connectivity index (χ1n) is 8.74. The van der Waals surface area contributed by atoms with E-state index in [1.165, 1.54) is 31.4 Å². The lowest BCUT2D eigenvalue weighted by molar-refractivity contribution is 0.0564. The summed E-state index contributed by atoms with van der Waals surface area (Å²) in [6, 6.07) is 18.4. The van der Waals surface area contributed by atoms with Crippen LogP contribution in [0.3, 0.4) is 0 Å². The van der Waals surface area contributed by atoms with Crippen molar-refractivity contribution >= 4 is 21.7 Å². The number of hydrogen-bond donors (Lipinski definition) is 0. The zero-order valence-corrected chi connectivity index (χ0v) is 17.1. The van der Waals surface area contributed by atoms with Crippen molar-refractivity contribution in [3.8, 4) is 24.3 Å². The number of carbonyl (C=O) groups excluding carboxylic acids is 1. The minimum absolute atomic E-state index is 0.0428. The molecule has 1 heterocycles. The van der Waals surface area contributed by atoms with Gasteiger partial charge in [-0.1, -0.05) is 35.7 Å². The van der Waals surface area contributed by atoms with Gasteiger partial charge in [0.05, 0.1) is 17.7 Å². The van der Waals surface area contributed by atoms with Crippen LogP contribution in [0.5, 0.6) is 0 Å². The van der Waals surface area contributed by atoms with Crippen LogP contribution in [-0.2, 0) is 14.8 Å². The normalized spacial score (nSPS) is 10.4. The molecule has 150 valence electrons. The molecule has 3 aromatic rings. The van der Waals surface area contributed by atoms with Crippen LogP contribution < -0.4 is 4.31 Å². The molecule has 0 aliphatic carbocycles. The highest BCUT2D eigenvalue weighted by molar-refractivity contribution is 7.93. The van der Waals surface area contributed by atoms with E-state index in [1.54, 1.807) is 36.4 Å². The molecule has 2 aromatic carbocycles. The van der Waals surface area contributed by atoms with Crippen LogP contribution in [0.1, 0.15) is 27.4 Å². The van der Waals surface area contributed by atoms with Crippen LogP contribution in [0.15, 0.2) is 70.0 Å². The van der Waals surface area contributed by atoms with Gasteiger partial charge in [0.2, 0.25) is 5.76 Å². The minimum Gasteiger partial charge on any atom is -0.463 e. The van der Waals surface area contributed by atoms with E-state index in [2.05, 4.69) is 22.6 Å². The molecule has 0 fully saturated rings. The van der Waals surface area contributed by atoms with Gasteiger partial charge in [-0.3, -0.25) is 0 Å². The highest BCUT2D eigenvalue weighted by Crippen LogP contribution is 2.26. The van der Waals surface area contributed by atoms with Crippen LogP contribution in [-0.4, -0.2) is 21.5 Å². The maximum atomic E-state index is 13.3. The zero-order chi connectivity index (χ0) is 21.7. The van der Waals surface area contributed by atoms with Crippen molar-refractivity contribution in [2.24, 2.45) is 0 Å². The number of benzene rings is 2. The predicted octanol–water partition coefficient (Wildman–Crippen LogP) is 3.56. The smallest absolute Gasteiger partial charge is 0.374 e. The van der Waals surface area contributed by atoms with Crippen molar-refractivity contribution < 1.29 is 22.4 Å². The number of sulfonamides is 1. The molecular weight excluding hydrogens is 402 g/mol. The fourth-order valence-corrected chi connectivity index (χ4v) is 3.83. The van der Waals surface area contributed by atoms with Crippen LogP contribution >= 0.6 is 0 Å². The van der Waals surface area contributed by atoms with E-state index < -0.39 is 16.0 Å². The third kappa shape index (κ3) is 4.22. The van der Waals surface area contributed by atoms with E-state index in [1.807, 2.05) is 6.92 Å². The Kier molecular flexibility index (Phi) is 5.96. The Morgan fingerprint density at radius 2 is 1.77 bits per heavy atom. The third-order valence-corrected chi connectivity index (χ3v) is 5.75. The van der Waals surface area contributed by atoms with Gasteiger partial charge in [-0.05, 0) is 49.2 Å². The lowest BCUT2D eigenvalue weighted by Crippen LogP contribution is -2.27. The molecule has 1 aromatic heterocycles. The Morgan fingerprint density at radius 1 is 1.07 bits per heavy atom. The molecule has 0 unspecified atom stereocenters. The number of ether oxygens (including phenoxy) is 1. The Bertz CT molecular complexity index is 1290. The Labute approximate surface area is 175 Å². The van der Waals surface area contributed by atoms with Gasteiger partial charge in [0, 0.05) is 11.6 Å². The van der Waals surface area contributed by atoms with E-state index in [0.29, 0.717) is 5.56 Å². The fourth-order valence-electron chi connectivity index (χ4n) is 2.56. The molecule has 0 N–H and O–H groups in total. The Morgan fingerprint density at radius 3 is 2.43 bits per heavy atom. The molecule has 6 nitrogen and oxygen atoms in total. The Balaban J connectivity index is 2.12. The third-order valence-electron chi connectivity index (χ3n) is 4.11. The van der Waals surface area contributed by atoms with Gasteiger partial charge in [0.25, 0.3) is 10.0 Å². The van der Waals surface area contributed by atoms with Gasteiger partial charge in [-0.15, -0.1) is 6.42 Å². The second-order valence-electron chi connectivity index (χ2n) is 6.14. The molecule has 0 saturated heterocycles. The van der Waals surface area contributed by atoms with Crippen molar-refractivity contribution in [3.63, 3.8) is 0 Å². The summed E-state index contributed by atoms with van der Waals surface area (Å²) in [5.74, 6) is 4.50. The number of esters is 1. The van der Waals surface area contributed by atoms with E-state index in [4.69, 9.17) is 10.8 Å². The van der Waals surface area contributed by atoms with Crippen molar-refractivity contribution in [3.05, 3.63) is 83.3 Å². The summed E-state index contributed by atoms with van der Waals surface area (Å²) >= 11 is 0. The van der Waals surface area contributed by atoms with E-state index in [0.717, 1.165) is 9.87 Å². The monoisotopic (exact) mass is 419 g/mol. The van der Waals surface area contributed by atoms with Crippen LogP contribution in [0.25, 0.3) is 0 Å². The van der Waals surface area contributed by atoms with Gasteiger partial charge in [0.1, 0.15) is 0 Å². The molecule has 0 atom stereocenters. The summed E-state index contributed by atoms with van der Waals surface area (Å²) in [6.45, 7) is 1.86. The molecule has 0 aliphatic rings. The topological polar surface area (TPSA) is 76.8 Å². The van der Waals surface area contributed by atoms with Crippen LogP contribution in [0, 0.1) is 31.2 Å². The second kappa shape index (κ2) is 8.60. The first-order chi connectivity index (χ1) is 14.4. The molecule has 0 saturated carbocycles. The van der Waals surface area contributed by atoms with Crippen molar-refractivity contribution in [2.75, 3.05) is 11.4 Å². The van der Waals surface area contributed by atoms with Gasteiger partial charge in [-0.25, -0.2) is 13.2 Å². The fraction of sp³-hybridized carbons (Fsp3) is 0.0870. The van der Waals surface area contributed by atoms with E-state index in [-0.39, 0.29) is 22.1 Å². The first kappa shape index (κ1) is 20.8. The van der Waals surface area contributed by atoms with Gasteiger partial charge >= 0.3 is 5.97 Å². The summed E-state index contributed by atoms with van der Waals surface area (Å²) in [5, 5.41) is 0. The number of hydrogen-bond acceptors (Lipinski definition) is 5. The summed E-state index contributed by atoms with van der Waals surface area (Å²) in [5.41, 5.74) is 1.51. The van der Waals surface area contributed by atoms with Crippen molar-refractivity contribution in [2.45, 2.75) is 11.8 Å². The first-order valence-corrected chi connectivity index (χ1v) is 10.2. The standard InChI is InChI=1S/C23H17NO5S/c1-4-18-7-5-6-8-21(18)24(30(26,27)20-12-9-17(2)10-13-20)16-15-19-11-14-22(29-19)23(25)28-3/h1,5-14H,2-3H3. The molecule has 0 bridgehead atoms. The molecule has 0 amide bonds. The molecule has 0 aliphatic heterocycles. The van der Waals surface area contributed by atoms with Gasteiger partial charge in [0.15, 0.2) is 5.76 Å². The number of methoxy groups -OCH3 is 1. The molecule has 7 heteroatoms. The van der Waals surface area contributed by atoms with Crippen LogP contribution in [0.4, 0.5) is 5.69 Å². The van der Waals surface area contributed by atoms with Gasteiger partial charge in [-0.2, -0.15) is 4.31 Å². The molecule has 0 radical (unpaired) electrons. The number of aryl methyl sites for hydroxylation is 1. The number of rotatable bonds is 4. The molecule has 3 rings (SSSR count).